The first-order valence-corrected chi connectivity index (χ1v) is 6.67. The monoisotopic (exact) mass is 238 g/mol. The Morgan fingerprint density at radius 1 is 1.31 bits per heavy atom. The predicted molar refractivity (Wildman–Crippen MR) is 65.9 cm³/mol. The van der Waals surface area contributed by atoms with E-state index in [0.29, 0.717) is 5.41 Å². The lowest BCUT2D eigenvalue weighted by Gasteiger charge is -2.40. The number of aliphatic carboxylic acids is 1. The molecular weight excluding hydrogens is 220 g/mol. The van der Waals surface area contributed by atoms with Gasteiger partial charge in [-0.1, -0.05) is 13.8 Å². The van der Waals surface area contributed by atoms with Crippen LogP contribution in [0.1, 0.15) is 45.1 Å². The van der Waals surface area contributed by atoms with Gasteiger partial charge in [-0.15, -0.1) is 0 Å². The topological polar surface area (TPSA) is 37.3 Å². The van der Waals surface area contributed by atoms with E-state index in [2.05, 4.69) is 13.8 Å². The molecule has 88 valence electrons. The van der Waals surface area contributed by atoms with Crippen molar-refractivity contribution < 1.29 is 9.90 Å². The van der Waals surface area contributed by atoms with E-state index < -0.39 is 11.4 Å². The van der Waals surface area contributed by atoms with Gasteiger partial charge in [-0.3, -0.25) is 4.79 Å². The Hall–Kier alpha value is -0.830. The molecule has 0 saturated heterocycles. The number of carboxylic acids is 1. The van der Waals surface area contributed by atoms with Gasteiger partial charge in [-0.25, -0.2) is 0 Å². The zero-order valence-corrected chi connectivity index (χ0v) is 10.6. The average Bonchev–Trinajstić information content (AvgIpc) is 2.71. The van der Waals surface area contributed by atoms with Crippen molar-refractivity contribution >= 4 is 17.3 Å². The van der Waals surface area contributed by atoms with Crippen LogP contribution in [0.5, 0.6) is 0 Å². The molecule has 2 rings (SSSR count). The largest absolute Gasteiger partial charge is 0.481 e. The highest BCUT2D eigenvalue weighted by molar-refractivity contribution is 7.08. The molecule has 1 aromatic heterocycles. The zero-order chi connectivity index (χ0) is 11.8. The number of rotatable bonds is 2. The van der Waals surface area contributed by atoms with Gasteiger partial charge in [0.25, 0.3) is 0 Å². The molecule has 1 heterocycles. The summed E-state index contributed by atoms with van der Waals surface area (Å²) in [6.07, 6.45) is 3.53. The molecule has 1 saturated carbocycles. The van der Waals surface area contributed by atoms with Gasteiger partial charge in [0.2, 0.25) is 0 Å². The van der Waals surface area contributed by atoms with Crippen LogP contribution in [-0.4, -0.2) is 11.1 Å². The van der Waals surface area contributed by atoms with Crippen LogP contribution in [0.15, 0.2) is 16.8 Å². The Morgan fingerprint density at radius 2 is 1.94 bits per heavy atom. The van der Waals surface area contributed by atoms with Crippen molar-refractivity contribution in [2.45, 2.75) is 44.9 Å². The van der Waals surface area contributed by atoms with Crippen LogP contribution >= 0.6 is 11.3 Å². The van der Waals surface area contributed by atoms with Gasteiger partial charge in [0, 0.05) is 0 Å². The summed E-state index contributed by atoms with van der Waals surface area (Å²) < 4.78 is 0. The second kappa shape index (κ2) is 3.88. The molecule has 1 aliphatic rings. The Kier molecular flexibility index (Phi) is 2.82. The lowest BCUT2D eigenvalue weighted by molar-refractivity contribution is -0.146. The van der Waals surface area contributed by atoms with Crippen molar-refractivity contribution in [3.63, 3.8) is 0 Å². The molecular formula is C13H18O2S. The molecule has 2 nitrogen and oxygen atoms in total. The standard InChI is InChI=1S/C13H18O2S/c1-12(2)4-6-13(7-5-12,11(14)15)10-3-8-16-9-10/h3,8-9H,4-7H2,1-2H3,(H,14,15). The minimum atomic E-state index is -0.651. The number of carboxylic acid groups (broad SMARTS) is 1. The molecule has 1 N–H and O–H groups in total. The summed E-state index contributed by atoms with van der Waals surface area (Å²) in [6.45, 7) is 4.46. The van der Waals surface area contributed by atoms with E-state index in [4.69, 9.17) is 0 Å². The summed E-state index contributed by atoms with van der Waals surface area (Å²) >= 11 is 1.59. The Bertz CT molecular complexity index is 369. The van der Waals surface area contributed by atoms with Gasteiger partial charge >= 0.3 is 5.97 Å². The third-order valence-electron chi connectivity index (χ3n) is 3.94. The summed E-state index contributed by atoms with van der Waals surface area (Å²) in [7, 11) is 0. The average molecular weight is 238 g/mol. The summed E-state index contributed by atoms with van der Waals surface area (Å²) in [5.74, 6) is -0.651. The molecule has 3 heteroatoms. The quantitative estimate of drug-likeness (QED) is 0.853. The second-order valence-electron chi connectivity index (χ2n) is 5.56. The van der Waals surface area contributed by atoms with Crippen molar-refractivity contribution in [1.29, 1.82) is 0 Å². The first-order chi connectivity index (χ1) is 7.46. The van der Waals surface area contributed by atoms with Crippen molar-refractivity contribution in [2.24, 2.45) is 5.41 Å². The number of thiophene rings is 1. The predicted octanol–water partition coefficient (Wildman–Crippen LogP) is 3.67. The second-order valence-corrected chi connectivity index (χ2v) is 6.34. The van der Waals surface area contributed by atoms with E-state index in [0.717, 1.165) is 31.2 Å². The fourth-order valence-electron chi connectivity index (χ4n) is 2.52. The van der Waals surface area contributed by atoms with E-state index in [1.165, 1.54) is 0 Å². The number of hydrogen-bond donors (Lipinski definition) is 1. The first kappa shape index (κ1) is 11.6. The molecule has 0 spiro atoms. The molecule has 0 unspecified atom stereocenters. The minimum Gasteiger partial charge on any atom is -0.481 e. The summed E-state index contributed by atoms with van der Waals surface area (Å²) in [4.78, 5) is 11.6. The molecule has 1 aromatic rings. The highest BCUT2D eigenvalue weighted by Crippen LogP contribution is 2.47. The Morgan fingerprint density at radius 3 is 2.38 bits per heavy atom. The van der Waals surface area contributed by atoms with E-state index >= 15 is 0 Å². The van der Waals surface area contributed by atoms with Crippen LogP contribution in [0.25, 0.3) is 0 Å². The first-order valence-electron chi connectivity index (χ1n) is 5.72. The van der Waals surface area contributed by atoms with Crippen LogP contribution in [0.4, 0.5) is 0 Å². The maximum Gasteiger partial charge on any atom is 0.314 e. The maximum absolute atomic E-state index is 11.6. The fourth-order valence-corrected chi connectivity index (χ4v) is 3.27. The SMILES string of the molecule is CC1(C)CCC(C(=O)O)(c2ccsc2)CC1. The van der Waals surface area contributed by atoms with Crippen LogP contribution in [-0.2, 0) is 10.2 Å². The van der Waals surface area contributed by atoms with Gasteiger partial charge in [0.1, 0.15) is 0 Å². The third kappa shape index (κ3) is 1.88. The molecule has 1 aliphatic carbocycles. The van der Waals surface area contributed by atoms with Crippen molar-refractivity contribution in [3.05, 3.63) is 22.4 Å². The lowest BCUT2D eigenvalue weighted by atomic mass is 9.63. The van der Waals surface area contributed by atoms with Crippen LogP contribution in [0.2, 0.25) is 0 Å². The summed E-state index contributed by atoms with van der Waals surface area (Å²) in [6, 6.07) is 1.97. The van der Waals surface area contributed by atoms with Gasteiger partial charge in [-0.05, 0) is 53.5 Å². The molecule has 0 bridgehead atoms. The maximum atomic E-state index is 11.6. The summed E-state index contributed by atoms with van der Waals surface area (Å²) in [5, 5.41) is 13.5. The summed E-state index contributed by atoms with van der Waals surface area (Å²) in [5.41, 5.74) is 0.685. The zero-order valence-electron chi connectivity index (χ0n) is 9.82. The van der Waals surface area contributed by atoms with Crippen LogP contribution < -0.4 is 0 Å². The smallest absolute Gasteiger partial charge is 0.314 e. The Labute approximate surface area is 100 Å². The van der Waals surface area contributed by atoms with Gasteiger partial charge < -0.3 is 5.11 Å². The third-order valence-corrected chi connectivity index (χ3v) is 4.62. The number of hydrogen-bond acceptors (Lipinski definition) is 2. The molecule has 16 heavy (non-hydrogen) atoms. The minimum absolute atomic E-state index is 0.301. The highest BCUT2D eigenvalue weighted by atomic mass is 32.1. The normalized spacial score (nSPS) is 22.9. The number of carbonyl (C=O) groups is 1. The molecule has 1 fully saturated rings. The lowest BCUT2D eigenvalue weighted by Crippen LogP contribution is -2.41. The molecule has 0 radical (unpaired) electrons. The molecule has 0 aromatic carbocycles. The molecule has 0 atom stereocenters. The van der Waals surface area contributed by atoms with E-state index in [1.807, 2.05) is 16.8 Å². The van der Waals surface area contributed by atoms with Gasteiger partial charge in [0.05, 0.1) is 5.41 Å². The van der Waals surface area contributed by atoms with Crippen molar-refractivity contribution in [1.82, 2.24) is 0 Å². The van der Waals surface area contributed by atoms with Crippen LogP contribution in [0, 0.1) is 5.41 Å². The van der Waals surface area contributed by atoms with Gasteiger partial charge in [-0.2, -0.15) is 11.3 Å². The molecule has 0 aliphatic heterocycles. The van der Waals surface area contributed by atoms with Crippen molar-refractivity contribution in [3.8, 4) is 0 Å². The fraction of sp³-hybridized carbons (Fsp3) is 0.615. The van der Waals surface area contributed by atoms with Crippen molar-refractivity contribution in [2.75, 3.05) is 0 Å². The van der Waals surface area contributed by atoms with E-state index in [-0.39, 0.29) is 0 Å². The van der Waals surface area contributed by atoms with E-state index in [9.17, 15) is 9.90 Å². The Balaban J connectivity index is 2.30. The van der Waals surface area contributed by atoms with E-state index in [1.54, 1.807) is 11.3 Å². The van der Waals surface area contributed by atoms with Crippen LogP contribution in [0.3, 0.4) is 0 Å². The molecule has 0 amide bonds. The highest BCUT2D eigenvalue weighted by Gasteiger charge is 2.45. The van der Waals surface area contributed by atoms with Gasteiger partial charge in [0.15, 0.2) is 0 Å².